The molecule has 0 saturated carbocycles. The Hall–Kier alpha value is -2.68. The molecule has 0 saturated heterocycles. The van der Waals surface area contributed by atoms with Crippen molar-refractivity contribution in [3.8, 4) is 17.6 Å². The van der Waals surface area contributed by atoms with Crippen molar-refractivity contribution < 1.29 is 14.3 Å². The molecule has 0 aromatic heterocycles. The molecule has 2 aromatic rings. The number of nitrogens with one attached hydrogen (secondary N) is 1. The van der Waals surface area contributed by atoms with Gasteiger partial charge in [-0.15, -0.1) is 0 Å². The summed E-state index contributed by atoms with van der Waals surface area (Å²) in [6.45, 7) is 0.935. The Bertz CT molecular complexity index is 904. The summed E-state index contributed by atoms with van der Waals surface area (Å²) in [6, 6.07) is 11.7. The topological polar surface area (TPSA) is 71.4 Å². The quantitative estimate of drug-likeness (QED) is 0.641. The first kappa shape index (κ1) is 17.2. The summed E-state index contributed by atoms with van der Waals surface area (Å²) >= 11 is 11.9. The minimum absolute atomic E-state index is 0.0842. The summed E-state index contributed by atoms with van der Waals surface area (Å²) in [5.74, 6) is 0.616. The van der Waals surface area contributed by atoms with E-state index < -0.39 is 5.91 Å². The van der Waals surface area contributed by atoms with Crippen molar-refractivity contribution in [3.63, 3.8) is 0 Å². The molecule has 0 aliphatic carbocycles. The van der Waals surface area contributed by atoms with Gasteiger partial charge in [-0.05, 0) is 35.9 Å². The van der Waals surface area contributed by atoms with Crippen LogP contribution in [0.1, 0.15) is 5.56 Å². The van der Waals surface area contributed by atoms with Crippen LogP contribution in [0.3, 0.4) is 0 Å². The first-order chi connectivity index (χ1) is 12.1. The zero-order valence-corrected chi connectivity index (χ0v) is 14.4. The van der Waals surface area contributed by atoms with Gasteiger partial charge in [0.1, 0.15) is 24.9 Å². The number of amides is 1. The Morgan fingerprint density at radius 3 is 2.60 bits per heavy atom. The Labute approximate surface area is 154 Å². The van der Waals surface area contributed by atoms with E-state index >= 15 is 0 Å². The molecule has 0 atom stereocenters. The maximum atomic E-state index is 12.4. The number of anilines is 1. The van der Waals surface area contributed by atoms with Crippen LogP contribution in [0.5, 0.6) is 11.5 Å². The SMILES string of the molecule is N#C/C(=C\c1ccc(Cl)cc1Cl)C(=O)Nc1ccc2c(c1)OCCO2. The van der Waals surface area contributed by atoms with Crippen LogP contribution in [0, 0.1) is 11.3 Å². The lowest BCUT2D eigenvalue weighted by atomic mass is 10.1. The highest BCUT2D eigenvalue weighted by Crippen LogP contribution is 2.32. The van der Waals surface area contributed by atoms with E-state index in [2.05, 4.69) is 5.32 Å². The molecule has 3 rings (SSSR count). The molecule has 1 aliphatic rings. The number of rotatable bonds is 3. The number of hydrogen-bond donors (Lipinski definition) is 1. The molecule has 5 nitrogen and oxygen atoms in total. The first-order valence-electron chi connectivity index (χ1n) is 7.34. The maximum absolute atomic E-state index is 12.4. The number of ether oxygens (including phenoxy) is 2. The Balaban J connectivity index is 1.81. The summed E-state index contributed by atoms with van der Waals surface area (Å²) in [6.07, 6.45) is 1.41. The molecule has 1 aliphatic heterocycles. The van der Waals surface area contributed by atoms with E-state index in [1.807, 2.05) is 6.07 Å². The highest BCUT2D eigenvalue weighted by Gasteiger charge is 2.15. The number of benzene rings is 2. The third kappa shape index (κ3) is 4.05. The number of fused-ring (bicyclic) bond motifs is 1. The van der Waals surface area contributed by atoms with Gasteiger partial charge in [-0.25, -0.2) is 0 Å². The Kier molecular flexibility index (Phi) is 5.13. The molecular formula is C18H12Cl2N2O3. The highest BCUT2D eigenvalue weighted by atomic mass is 35.5. The van der Waals surface area contributed by atoms with E-state index in [0.717, 1.165) is 0 Å². The third-order valence-electron chi connectivity index (χ3n) is 3.43. The Morgan fingerprint density at radius 1 is 1.12 bits per heavy atom. The van der Waals surface area contributed by atoms with Gasteiger partial charge in [-0.2, -0.15) is 5.26 Å². The fraction of sp³-hybridized carbons (Fsp3) is 0.111. The predicted molar refractivity (Wildman–Crippen MR) is 96.1 cm³/mol. The van der Waals surface area contributed by atoms with Crippen LogP contribution in [-0.4, -0.2) is 19.1 Å². The predicted octanol–water partition coefficient (Wildman–Crippen LogP) is 4.31. The van der Waals surface area contributed by atoms with Crippen molar-refractivity contribution in [2.75, 3.05) is 18.5 Å². The normalized spacial score (nSPS) is 13.1. The van der Waals surface area contributed by atoms with Crippen LogP contribution in [-0.2, 0) is 4.79 Å². The van der Waals surface area contributed by atoms with Gasteiger partial charge < -0.3 is 14.8 Å². The minimum Gasteiger partial charge on any atom is -0.486 e. The molecule has 1 amide bonds. The van der Waals surface area contributed by atoms with Gasteiger partial charge in [-0.3, -0.25) is 4.79 Å². The van der Waals surface area contributed by atoms with E-state index in [-0.39, 0.29) is 5.57 Å². The molecule has 25 heavy (non-hydrogen) atoms. The third-order valence-corrected chi connectivity index (χ3v) is 3.99. The number of nitrogens with zero attached hydrogens (tertiary/aromatic N) is 1. The lowest BCUT2D eigenvalue weighted by Crippen LogP contribution is -2.17. The summed E-state index contributed by atoms with van der Waals surface area (Å²) in [4.78, 5) is 12.4. The van der Waals surface area contributed by atoms with Crippen molar-refractivity contribution in [1.29, 1.82) is 5.26 Å². The van der Waals surface area contributed by atoms with Crippen molar-refractivity contribution in [2.45, 2.75) is 0 Å². The number of hydrogen-bond acceptors (Lipinski definition) is 4. The van der Waals surface area contributed by atoms with Gasteiger partial charge in [0.25, 0.3) is 5.91 Å². The summed E-state index contributed by atoms with van der Waals surface area (Å²) in [5.41, 5.74) is 0.941. The van der Waals surface area contributed by atoms with E-state index in [4.69, 9.17) is 32.7 Å². The molecule has 0 fully saturated rings. The van der Waals surface area contributed by atoms with Gasteiger partial charge in [-0.1, -0.05) is 29.3 Å². The number of nitriles is 1. The van der Waals surface area contributed by atoms with Gasteiger partial charge in [0.15, 0.2) is 11.5 Å². The fourth-order valence-electron chi connectivity index (χ4n) is 2.24. The van der Waals surface area contributed by atoms with E-state index in [1.54, 1.807) is 36.4 Å². The van der Waals surface area contributed by atoms with E-state index in [1.165, 1.54) is 6.08 Å². The molecule has 0 unspecified atom stereocenters. The molecule has 0 spiro atoms. The average Bonchev–Trinajstić information content (AvgIpc) is 2.61. The summed E-state index contributed by atoms with van der Waals surface area (Å²) in [5, 5.41) is 12.8. The fourth-order valence-corrected chi connectivity index (χ4v) is 2.71. The molecule has 7 heteroatoms. The van der Waals surface area contributed by atoms with Crippen molar-refractivity contribution in [1.82, 2.24) is 0 Å². The zero-order valence-electron chi connectivity index (χ0n) is 12.9. The minimum atomic E-state index is -0.551. The molecule has 1 heterocycles. The largest absolute Gasteiger partial charge is 0.486 e. The monoisotopic (exact) mass is 374 g/mol. The van der Waals surface area contributed by atoms with Crippen LogP contribution < -0.4 is 14.8 Å². The van der Waals surface area contributed by atoms with E-state index in [9.17, 15) is 10.1 Å². The zero-order chi connectivity index (χ0) is 17.8. The molecular weight excluding hydrogens is 363 g/mol. The van der Waals surface area contributed by atoms with E-state index in [0.29, 0.717) is 46.0 Å². The van der Waals surface area contributed by atoms with Crippen LogP contribution in [0.15, 0.2) is 42.0 Å². The van der Waals surface area contributed by atoms with Gasteiger partial charge in [0.2, 0.25) is 0 Å². The van der Waals surface area contributed by atoms with Crippen LogP contribution in [0.2, 0.25) is 10.0 Å². The van der Waals surface area contributed by atoms with Crippen molar-refractivity contribution in [3.05, 3.63) is 57.6 Å². The molecule has 0 bridgehead atoms. The van der Waals surface area contributed by atoms with Crippen LogP contribution in [0.25, 0.3) is 6.08 Å². The van der Waals surface area contributed by atoms with Crippen molar-refractivity contribution in [2.24, 2.45) is 0 Å². The second kappa shape index (κ2) is 7.47. The highest BCUT2D eigenvalue weighted by molar-refractivity contribution is 6.35. The van der Waals surface area contributed by atoms with Crippen LogP contribution >= 0.6 is 23.2 Å². The molecule has 126 valence electrons. The summed E-state index contributed by atoms with van der Waals surface area (Å²) < 4.78 is 10.9. The number of halogens is 2. The second-order valence-electron chi connectivity index (χ2n) is 5.15. The smallest absolute Gasteiger partial charge is 0.266 e. The first-order valence-corrected chi connectivity index (χ1v) is 8.10. The van der Waals surface area contributed by atoms with Gasteiger partial charge in [0.05, 0.1) is 0 Å². The molecule has 0 radical (unpaired) electrons. The van der Waals surface area contributed by atoms with Crippen LogP contribution in [0.4, 0.5) is 5.69 Å². The summed E-state index contributed by atoms with van der Waals surface area (Å²) in [7, 11) is 0. The number of carbonyl (C=O) groups excluding carboxylic acids is 1. The molecule has 1 N–H and O–H groups in total. The van der Waals surface area contributed by atoms with Crippen molar-refractivity contribution >= 4 is 40.9 Å². The van der Waals surface area contributed by atoms with Gasteiger partial charge >= 0.3 is 0 Å². The Morgan fingerprint density at radius 2 is 1.88 bits per heavy atom. The maximum Gasteiger partial charge on any atom is 0.266 e. The average molecular weight is 375 g/mol. The molecule has 2 aromatic carbocycles. The second-order valence-corrected chi connectivity index (χ2v) is 5.99. The standard InChI is InChI=1S/C18H12Cl2N2O3/c19-13-2-1-11(15(20)8-13)7-12(10-21)18(23)22-14-3-4-16-17(9-14)25-6-5-24-16/h1-4,7-9H,5-6H2,(H,22,23)/b12-7+. The number of carbonyl (C=O) groups is 1. The van der Waals surface area contributed by atoms with Gasteiger partial charge in [0, 0.05) is 21.8 Å². The lowest BCUT2D eigenvalue weighted by molar-refractivity contribution is -0.112. The lowest BCUT2D eigenvalue weighted by Gasteiger charge is -2.18.